The van der Waals surface area contributed by atoms with Gasteiger partial charge in [0, 0.05) is 0 Å². The van der Waals surface area contributed by atoms with Gasteiger partial charge in [0.25, 0.3) is 0 Å². The number of carbonyl (C=O) groups is 6. The van der Waals surface area contributed by atoms with Crippen molar-refractivity contribution in [3.8, 4) is 0 Å². The number of halogens is 2. The minimum atomic E-state index is -1.37. The van der Waals surface area contributed by atoms with Crippen LogP contribution in [0.3, 0.4) is 0 Å². The Morgan fingerprint density at radius 1 is 0.344 bits per heavy atom. The summed E-state index contributed by atoms with van der Waals surface area (Å²) in [5.74, 6) is -8.25. The Morgan fingerprint density at radius 2 is 0.438 bits per heavy atom. The van der Waals surface area contributed by atoms with Crippen LogP contribution in [0.15, 0.2) is 36.4 Å². The largest absolute Gasteiger partial charge is 0.478 e. The van der Waals surface area contributed by atoms with E-state index < -0.39 is 35.8 Å². The molecular formula is C18H14Cl2O12. The summed E-state index contributed by atoms with van der Waals surface area (Å²) in [6.07, 6.45) is 0. The molecule has 0 radical (unpaired) electrons. The Bertz CT molecular complexity index is 834. The summed E-state index contributed by atoms with van der Waals surface area (Å²) in [4.78, 5) is 63.4. The molecular weight excluding hydrogens is 479 g/mol. The topological polar surface area (TPSA) is 224 Å². The molecule has 0 atom stereocenters. The third-order valence-electron chi connectivity index (χ3n) is 3.35. The normalized spacial score (nSPS) is 9.00. The maximum absolute atomic E-state index is 10.6. The summed E-state index contributed by atoms with van der Waals surface area (Å²) >= 11 is 0. The molecule has 0 fully saturated rings. The third kappa shape index (κ3) is 8.30. The number of hydrogen-bond acceptors (Lipinski definition) is 6. The van der Waals surface area contributed by atoms with Crippen LogP contribution in [0.4, 0.5) is 0 Å². The Labute approximate surface area is 190 Å². The molecule has 2 aromatic carbocycles. The molecule has 12 nitrogen and oxygen atoms in total. The molecule has 0 spiro atoms. The minimum Gasteiger partial charge on any atom is -0.478 e. The van der Waals surface area contributed by atoms with Crippen LogP contribution in [0.2, 0.25) is 0 Å². The van der Waals surface area contributed by atoms with Crippen LogP contribution in [0, 0.1) is 0 Å². The average molecular weight is 493 g/mol. The van der Waals surface area contributed by atoms with Crippen molar-refractivity contribution in [1.29, 1.82) is 0 Å². The minimum absolute atomic E-state index is 0. The van der Waals surface area contributed by atoms with E-state index >= 15 is 0 Å². The Balaban J connectivity index is 0. The monoisotopic (exact) mass is 492 g/mol. The molecule has 0 aromatic heterocycles. The van der Waals surface area contributed by atoms with Gasteiger partial charge in [-0.1, -0.05) is 0 Å². The number of carboxylic acid groups (broad SMARTS) is 6. The molecule has 172 valence electrons. The zero-order valence-corrected chi connectivity index (χ0v) is 17.0. The van der Waals surface area contributed by atoms with Gasteiger partial charge in [-0.2, -0.15) is 0 Å². The van der Waals surface area contributed by atoms with E-state index in [0.717, 1.165) is 36.4 Å². The first-order chi connectivity index (χ1) is 13.8. The molecule has 0 aliphatic rings. The highest BCUT2D eigenvalue weighted by Gasteiger charge is 2.15. The Morgan fingerprint density at radius 3 is 0.500 bits per heavy atom. The quantitative estimate of drug-likeness (QED) is 0.341. The predicted molar refractivity (Wildman–Crippen MR) is 109 cm³/mol. The molecule has 0 bridgehead atoms. The van der Waals surface area contributed by atoms with Gasteiger partial charge in [0.05, 0.1) is 33.4 Å². The second kappa shape index (κ2) is 12.5. The fourth-order valence-electron chi connectivity index (χ4n) is 2.00. The molecule has 0 aliphatic carbocycles. The fraction of sp³-hybridized carbons (Fsp3) is 0. The highest BCUT2D eigenvalue weighted by atomic mass is 35.5. The molecule has 0 aliphatic heterocycles. The van der Waals surface area contributed by atoms with Crippen molar-refractivity contribution in [2.45, 2.75) is 0 Å². The van der Waals surface area contributed by atoms with Crippen LogP contribution < -0.4 is 0 Å². The number of aromatic carboxylic acids is 6. The number of carboxylic acids is 6. The summed E-state index contributed by atoms with van der Waals surface area (Å²) in [5, 5.41) is 51.7. The maximum atomic E-state index is 10.6. The van der Waals surface area contributed by atoms with Gasteiger partial charge in [0.2, 0.25) is 0 Å². The summed E-state index contributed by atoms with van der Waals surface area (Å²) < 4.78 is 0. The number of benzene rings is 2. The van der Waals surface area contributed by atoms with Crippen molar-refractivity contribution in [2.24, 2.45) is 0 Å². The summed E-state index contributed by atoms with van der Waals surface area (Å²) in [6.45, 7) is 0. The van der Waals surface area contributed by atoms with Crippen LogP contribution in [-0.2, 0) is 0 Å². The van der Waals surface area contributed by atoms with E-state index in [1.165, 1.54) is 0 Å². The van der Waals surface area contributed by atoms with Gasteiger partial charge in [-0.3, -0.25) is 0 Å². The lowest BCUT2D eigenvalue weighted by Crippen LogP contribution is -2.07. The van der Waals surface area contributed by atoms with Gasteiger partial charge in [-0.05, 0) is 36.4 Å². The summed E-state index contributed by atoms with van der Waals surface area (Å²) in [5.41, 5.74) is -2.21. The first-order valence-corrected chi connectivity index (χ1v) is 7.53. The van der Waals surface area contributed by atoms with Crippen molar-refractivity contribution in [3.05, 3.63) is 69.8 Å². The van der Waals surface area contributed by atoms with Gasteiger partial charge >= 0.3 is 35.8 Å². The molecule has 2 aromatic rings. The molecule has 0 saturated heterocycles. The van der Waals surface area contributed by atoms with Crippen LogP contribution in [-0.4, -0.2) is 66.5 Å². The first kappa shape index (κ1) is 30.0. The summed E-state index contributed by atoms with van der Waals surface area (Å²) in [7, 11) is 0. The predicted octanol–water partition coefficient (Wildman–Crippen LogP) is 2.41. The smallest absolute Gasteiger partial charge is 0.335 e. The number of hydrogen-bond donors (Lipinski definition) is 6. The second-order valence-corrected chi connectivity index (χ2v) is 5.43. The molecule has 0 unspecified atom stereocenters. The SMILES string of the molecule is Cl.Cl.O=C(O)c1cc(C(=O)O)cc(C(=O)O)c1.O=C(O)c1cc(C(=O)O)cc(C(=O)O)c1. The van der Waals surface area contributed by atoms with E-state index in [-0.39, 0.29) is 58.2 Å². The van der Waals surface area contributed by atoms with Gasteiger partial charge in [0.15, 0.2) is 0 Å². The zero-order valence-electron chi connectivity index (χ0n) is 15.4. The average Bonchev–Trinajstić information content (AvgIpc) is 2.67. The van der Waals surface area contributed by atoms with Gasteiger partial charge in [-0.15, -0.1) is 24.8 Å². The number of rotatable bonds is 6. The zero-order chi connectivity index (χ0) is 23.2. The first-order valence-electron chi connectivity index (χ1n) is 7.53. The van der Waals surface area contributed by atoms with Crippen LogP contribution >= 0.6 is 24.8 Å². The highest BCUT2D eigenvalue weighted by Crippen LogP contribution is 2.12. The fourth-order valence-corrected chi connectivity index (χ4v) is 2.00. The van der Waals surface area contributed by atoms with Crippen molar-refractivity contribution in [3.63, 3.8) is 0 Å². The maximum Gasteiger partial charge on any atom is 0.335 e. The molecule has 32 heavy (non-hydrogen) atoms. The van der Waals surface area contributed by atoms with Crippen LogP contribution in [0.5, 0.6) is 0 Å². The van der Waals surface area contributed by atoms with Crippen molar-refractivity contribution < 1.29 is 59.4 Å². The second-order valence-electron chi connectivity index (χ2n) is 5.43. The Hall–Kier alpha value is -4.16. The lowest BCUT2D eigenvalue weighted by Gasteiger charge is -2.00. The van der Waals surface area contributed by atoms with Crippen LogP contribution in [0.1, 0.15) is 62.1 Å². The van der Waals surface area contributed by atoms with Crippen LogP contribution in [0.25, 0.3) is 0 Å². The lowest BCUT2D eigenvalue weighted by molar-refractivity contribution is 0.0666. The molecule has 0 heterocycles. The summed E-state index contributed by atoms with van der Waals surface area (Å²) in [6, 6.07) is 5.40. The molecule has 0 saturated carbocycles. The van der Waals surface area contributed by atoms with E-state index in [2.05, 4.69) is 0 Å². The van der Waals surface area contributed by atoms with Gasteiger partial charge in [-0.25, -0.2) is 28.8 Å². The molecule has 2 rings (SSSR count). The molecule has 0 amide bonds. The molecule has 14 heteroatoms. The van der Waals surface area contributed by atoms with E-state index in [4.69, 9.17) is 30.6 Å². The lowest BCUT2D eigenvalue weighted by atomic mass is 10.1. The van der Waals surface area contributed by atoms with Gasteiger partial charge in [0.1, 0.15) is 0 Å². The standard InChI is InChI=1S/2C9H6O6.2ClH/c2*10-7(11)4-1-5(8(12)13)3-6(2-4)9(14)15;;/h2*1-3H,(H,10,11)(H,12,13)(H,14,15);2*1H. The Kier molecular flexibility index (Phi) is 11.7. The van der Waals surface area contributed by atoms with Crippen molar-refractivity contribution >= 4 is 60.6 Å². The van der Waals surface area contributed by atoms with Crippen molar-refractivity contribution in [1.82, 2.24) is 0 Å². The van der Waals surface area contributed by atoms with Gasteiger partial charge < -0.3 is 30.6 Å². The molecule has 6 N–H and O–H groups in total. The van der Waals surface area contributed by atoms with E-state index in [0.29, 0.717) is 0 Å². The van der Waals surface area contributed by atoms with Crippen molar-refractivity contribution in [2.75, 3.05) is 0 Å². The van der Waals surface area contributed by atoms with E-state index in [1.807, 2.05) is 0 Å². The highest BCUT2D eigenvalue weighted by molar-refractivity contribution is 5.99. The van der Waals surface area contributed by atoms with E-state index in [9.17, 15) is 28.8 Å². The third-order valence-corrected chi connectivity index (χ3v) is 3.35. The van der Waals surface area contributed by atoms with E-state index in [1.54, 1.807) is 0 Å².